The van der Waals surface area contributed by atoms with Crippen LogP contribution in [0.4, 0.5) is 0 Å². The van der Waals surface area contributed by atoms with Crippen LogP contribution in [0, 0.1) is 0 Å². The van der Waals surface area contributed by atoms with Crippen molar-refractivity contribution in [3.8, 4) is 33.6 Å². The Morgan fingerprint density at radius 3 is 1.50 bits per heavy atom. The third-order valence-corrected chi connectivity index (χ3v) is 19.9. The van der Waals surface area contributed by atoms with Crippen molar-refractivity contribution in [2.75, 3.05) is 0 Å². The lowest BCUT2D eigenvalue weighted by atomic mass is 10.0. The van der Waals surface area contributed by atoms with E-state index in [2.05, 4.69) is 252 Å². The zero-order chi connectivity index (χ0) is 42.2. The van der Waals surface area contributed by atoms with E-state index in [0.717, 1.165) is 5.69 Å². The molecule has 12 aromatic rings. The molecule has 300 valence electrons. The summed E-state index contributed by atoms with van der Waals surface area (Å²) in [6.45, 7) is 0. The third-order valence-electron chi connectivity index (χ3n) is 13.5. The van der Waals surface area contributed by atoms with E-state index in [0.29, 0.717) is 0 Å². The van der Waals surface area contributed by atoms with Gasteiger partial charge < -0.3 is 9.13 Å². The molecule has 2 aromatic heterocycles. The summed E-state index contributed by atoms with van der Waals surface area (Å²) in [5, 5.41) is 10.7. The largest absolute Gasteiger partial charge is 0.309 e. The minimum absolute atomic E-state index is 1.16. The smallest absolute Gasteiger partial charge is 0.181 e. The van der Waals surface area contributed by atoms with Gasteiger partial charge in [-0.2, -0.15) is 0 Å². The first-order chi connectivity index (χ1) is 31.8. The molecule has 10 aromatic carbocycles. The lowest BCUT2D eigenvalue weighted by Crippen LogP contribution is -2.76. The molecule has 3 heterocycles. The molecule has 64 heavy (non-hydrogen) atoms. The summed E-state index contributed by atoms with van der Waals surface area (Å²) in [6.07, 6.45) is 0. The lowest BCUT2D eigenvalue weighted by molar-refractivity contribution is 1.18. The molecule has 0 aliphatic carbocycles. The Kier molecular flexibility index (Phi) is 8.51. The summed E-state index contributed by atoms with van der Waals surface area (Å²) in [7, 11) is -3.03. The molecule has 0 spiro atoms. The van der Waals surface area contributed by atoms with Crippen molar-refractivity contribution >= 4 is 84.2 Å². The SMILES string of the molecule is c1ccc(-c2cccc([Si]3(c4ccc(-n5c6ccccc6c6ccccc65)cc4)c4ccccc4Sc4c(-c5ccccc5-n5c6ccccc6c6ccccc65)cccc43)c2)cc1. The number of nitrogens with zero attached hydrogens (tertiary/aromatic N) is 2. The molecule has 1 unspecified atom stereocenters. The predicted octanol–water partition coefficient (Wildman–Crippen LogP) is 13.1. The van der Waals surface area contributed by atoms with E-state index < -0.39 is 8.07 Å². The van der Waals surface area contributed by atoms with Gasteiger partial charge >= 0.3 is 0 Å². The highest BCUT2D eigenvalue weighted by Crippen LogP contribution is 2.43. The van der Waals surface area contributed by atoms with Crippen LogP contribution in [0.1, 0.15) is 0 Å². The van der Waals surface area contributed by atoms with Gasteiger partial charge in [-0.05, 0) is 86.0 Å². The van der Waals surface area contributed by atoms with Gasteiger partial charge in [0.25, 0.3) is 0 Å². The van der Waals surface area contributed by atoms with Crippen molar-refractivity contribution in [3.63, 3.8) is 0 Å². The number of hydrogen-bond acceptors (Lipinski definition) is 1. The van der Waals surface area contributed by atoms with Crippen molar-refractivity contribution in [3.05, 3.63) is 243 Å². The van der Waals surface area contributed by atoms with Gasteiger partial charge in [0, 0.05) is 42.6 Å². The molecular formula is C60H40N2SSi. The fourth-order valence-corrected chi connectivity index (χ4v) is 17.9. The maximum Gasteiger partial charge on any atom is 0.181 e. The molecule has 0 radical (unpaired) electrons. The first-order valence-electron chi connectivity index (χ1n) is 22.0. The molecule has 0 bridgehead atoms. The second-order valence-corrected chi connectivity index (χ2v) is 21.6. The number of hydrogen-bond donors (Lipinski definition) is 0. The van der Waals surface area contributed by atoms with Crippen LogP contribution in [-0.2, 0) is 0 Å². The highest BCUT2D eigenvalue weighted by molar-refractivity contribution is 8.00. The first-order valence-corrected chi connectivity index (χ1v) is 24.8. The molecule has 0 N–H and O–H groups in total. The van der Waals surface area contributed by atoms with Crippen molar-refractivity contribution in [1.29, 1.82) is 0 Å². The third kappa shape index (κ3) is 5.46. The van der Waals surface area contributed by atoms with E-state index in [9.17, 15) is 0 Å². The van der Waals surface area contributed by atoms with E-state index in [1.807, 2.05) is 11.8 Å². The fraction of sp³-hybridized carbons (Fsp3) is 0. The van der Waals surface area contributed by atoms with E-state index in [1.54, 1.807) is 0 Å². The highest BCUT2D eigenvalue weighted by atomic mass is 32.2. The molecule has 13 rings (SSSR count). The van der Waals surface area contributed by atoms with Crippen molar-refractivity contribution in [1.82, 2.24) is 9.13 Å². The van der Waals surface area contributed by atoms with Crippen molar-refractivity contribution in [2.24, 2.45) is 0 Å². The van der Waals surface area contributed by atoms with Crippen LogP contribution in [0.3, 0.4) is 0 Å². The zero-order valence-corrected chi connectivity index (χ0v) is 36.7. The van der Waals surface area contributed by atoms with Crippen molar-refractivity contribution < 1.29 is 0 Å². The molecule has 0 saturated carbocycles. The highest BCUT2D eigenvalue weighted by Gasteiger charge is 2.47. The number of fused-ring (bicyclic) bond motifs is 8. The van der Waals surface area contributed by atoms with Crippen LogP contribution in [-0.4, -0.2) is 17.2 Å². The van der Waals surface area contributed by atoms with Crippen LogP contribution in [0.15, 0.2) is 252 Å². The Balaban J connectivity index is 1.09. The van der Waals surface area contributed by atoms with E-state index in [4.69, 9.17) is 0 Å². The van der Waals surface area contributed by atoms with E-state index in [1.165, 1.54) is 102 Å². The molecule has 0 amide bonds. The number of rotatable bonds is 6. The molecule has 0 fully saturated rings. The predicted molar refractivity (Wildman–Crippen MR) is 274 cm³/mol. The average molecular weight is 849 g/mol. The van der Waals surface area contributed by atoms with Gasteiger partial charge in [0.2, 0.25) is 0 Å². The number of benzene rings is 10. The second-order valence-electron chi connectivity index (χ2n) is 16.8. The Morgan fingerprint density at radius 2 is 0.828 bits per heavy atom. The van der Waals surface area contributed by atoms with Gasteiger partial charge in [0.05, 0.1) is 27.8 Å². The molecule has 0 saturated heterocycles. The average Bonchev–Trinajstić information content (AvgIpc) is 3.89. The topological polar surface area (TPSA) is 9.86 Å². The molecule has 1 aliphatic rings. The number of para-hydroxylation sites is 5. The maximum absolute atomic E-state index is 3.03. The van der Waals surface area contributed by atoms with Gasteiger partial charge in [-0.3, -0.25) is 0 Å². The van der Waals surface area contributed by atoms with E-state index >= 15 is 0 Å². The second kappa shape index (κ2) is 14.7. The Morgan fingerprint density at radius 1 is 0.328 bits per heavy atom. The van der Waals surface area contributed by atoms with E-state index in [-0.39, 0.29) is 0 Å². The monoisotopic (exact) mass is 848 g/mol. The summed E-state index contributed by atoms with van der Waals surface area (Å²) >= 11 is 1.93. The van der Waals surface area contributed by atoms with Crippen LogP contribution in [0.2, 0.25) is 0 Å². The first kappa shape index (κ1) is 37.0. The zero-order valence-electron chi connectivity index (χ0n) is 34.9. The van der Waals surface area contributed by atoms with Crippen LogP contribution < -0.4 is 20.7 Å². The van der Waals surface area contributed by atoms with Gasteiger partial charge in [-0.15, -0.1) is 0 Å². The fourth-order valence-electron chi connectivity index (χ4n) is 10.8. The lowest BCUT2D eigenvalue weighted by Gasteiger charge is -2.41. The summed E-state index contributed by atoms with van der Waals surface area (Å²) in [5.74, 6) is 0. The standard InChI is InChI=1S/C60H40N2SSi/c1-2-18-41(19-3-1)42-20-16-21-45(40-42)64(44-38-36-43(37-39-44)61-52-28-9-4-22-46(52)47-23-5-10-29-53(47)61)58-34-15-14-33-57(58)63-60-51(27-17-35-59(60)64)50-26-8-13-32-56(50)62-54-30-11-6-24-48(54)49-25-7-12-31-55(49)62/h1-40H. The minimum Gasteiger partial charge on any atom is -0.309 e. The van der Waals surface area contributed by atoms with Gasteiger partial charge in [0.1, 0.15) is 0 Å². The molecule has 4 heteroatoms. The summed E-state index contributed by atoms with van der Waals surface area (Å²) in [4.78, 5) is 2.65. The maximum atomic E-state index is 2.50. The van der Waals surface area contributed by atoms with Gasteiger partial charge in [-0.1, -0.05) is 206 Å². The molecule has 1 aliphatic heterocycles. The molecular weight excluding hydrogens is 809 g/mol. The molecule has 2 nitrogen and oxygen atoms in total. The Labute approximate surface area is 377 Å². The van der Waals surface area contributed by atoms with Crippen LogP contribution >= 0.6 is 11.8 Å². The Hall–Kier alpha value is -7.63. The van der Waals surface area contributed by atoms with Crippen LogP contribution in [0.5, 0.6) is 0 Å². The normalized spacial score (nSPS) is 14.6. The van der Waals surface area contributed by atoms with Gasteiger partial charge in [0.15, 0.2) is 8.07 Å². The quantitative estimate of drug-likeness (QED) is 0.152. The summed E-state index contributed by atoms with van der Waals surface area (Å²) in [6, 6.07) is 90.6. The summed E-state index contributed by atoms with van der Waals surface area (Å²) in [5.41, 5.74) is 12.1. The van der Waals surface area contributed by atoms with Gasteiger partial charge in [-0.25, -0.2) is 0 Å². The minimum atomic E-state index is -3.03. The van der Waals surface area contributed by atoms with Crippen LogP contribution in [0.25, 0.3) is 77.2 Å². The molecule has 1 atom stereocenters. The van der Waals surface area contributed by atoms with Crippen molar-refractivity contribution in [2.45, 2.75) is 9.79 Å². The number of aromatic nitrogens is 2. The Bertz CT molecular complexity index is 3660. The summed E-state index contributed by atoms with van der Waals surface area (Å²) < 4.78 is 4.91.